The molecule has 1 fully saturated rings. The van der Waals surface area contributed by atoms with Gasteiger partial charge in [-0.1, -0.05) is 17.7 Å². The molecule has 1 aromatic heterocycles. The number of nitrogens with two attached hydrogens (primary N) is 1. The summed E-state index contributed by atoms with van der Waals surface area (Å²) >= 11 is 6.50. The molecule has 0 spiro atoms. The second kappa shape index (κ2) is 6.13. The van der Waals surface area contributed by atoms with Gasteiger partial charge in [0.15, 0.2) is 11.5 Å². The van der Waals surface area contributed by atoms with Crippen LogP contribution >= 0.6 is 11.6 Å². The second-order valence-corrected chi connectivity index (χ2v) is 7.46. The Labute approximate surface area is 161 Å². The maximum atomic E-state index is 11.3. The number of benzene rings is 2. The number of hydrogen-bond acceptors (Lipinski definition) is 4. The lowest BCUT2D eigenvalue weighted by molar-refractivity contribution is -0.117. The Hall–Kier alpha value is -2.79. The standard InChI is InChI=1S/C21H17ClN2O3/c22-16-9-20-19(26-10-27-20)8-15(16)18-7-13(12-2-3-12)14-5-11(6-21(23)25)1-4-17(14)24-18/h1,4-5,7-9,12H,2-3,6,10H2,(H2,23,25). The highest BCUT2D eigenvalue weighted by Gasteiger charge is 2.27. The largest absolute Gasteiger partial charge is 0.454 e. The average Bonchev–Trinajstić information content (AvgIpc) is 3.38. The summed E-state index contributed by atoms with van der Waals surface area (Å²) in [5.74, 6) is 1.52. The molecule has 27 heavy (non-hydrogen) atoms. The van der Waals surface area contributed by atoms with Crippen LogP contribution in [0.5, 0.6) is 11.5 Å². The molecular weight excluding hydrogens is 364 g/mol. The van der Waals surface area contributed by atoms with Crippen molar-refractivity contribution in [1.29, 1.82) is 0 Å². The van der Waals surface area contributed by atoms with Crippen molar-refractivity contribution in [1.82, 2.24) is 4.98 Å². The lowest BCUT2D eigenvalue weighted by atomic mass is 9.98. The Balaban J connectivity index is 1.67. The summed E-state index contributed by atoms with van der Waals surface area (Å²) in [5, 5.41) is 1.66. The number of rotatable bonds is 4. The predicted molar refractivity (Wildman–Crippen MR) is 103 cm³/mol. The van der Waals surface area contributed by atoms with Crippen molar-refractivity contribution in [2.24, 2.45) is 5.73 Å². The number of primary amides is 1. The van der Waals surface area contributed by atoms with E-state index in [-0.39, 0.29) is 19.1 Å². The van der Waals surface area contributed by atoms with Gasteiger partial charge in [0.05, 0.1) is 22.7 Å². The summed E-state index contributed by atoms with van der Waals surface area (Å²) in [4.78, 5) is 16.1. The molecule has 1 amide bonds. The van der Waals surface area contributed by atoms with E-state index in [0.29, 0.717) is 22.4 Å². The molecule has 0 bridgehead atoms. The van der Waals surface area contributed by atoms with Crippen LogP contribution in [0.25, 0.3) is 22.2 Å². The van der Waals surface area contributed by atoms with Gasteiger partial charge in [-0.3, -0.25) is 4.79 Å². The number of fused-ring (bicyclic) bond motifs is 2. The Morgan fingerprint density at radius 1 is 1.15 bits per heavy atom. The molecular formula is C21H17ClN2O3. The van der Waals surface area contributed by atoms with Gasteiger partial charge in [0.1, 0.15) is 0 Å². The third kappa shape index (κ3) is 2.98. The van der Waals surface area contributed by atoms with Crippen molar-refractivity contribution in [2.75, 3.05) is 6.79 Å². The summed E-state index contributed by atoms with van der Waals surface area (Å²) in [6, 6.07) is 11.7. The molecule has 5 rings (SSSR count). The molecule has 1 aliphatic heterocycles. The van der Waals surface area contributed by atoms with Crippen molar-refractivity contribution < 1.29 is 14.3 Å². The molecule has 2 aromatic carbocycles. The molecule has 1 aliphatic carbocycles. The zero-order valence-corrected chi connectivity index (χ0v) is 15.3. The number of ether oxygens (including phenoxy) is 2. The number of halogens is 1. The summed E-state index contributed by atoms with van der Waals surface area (Å²) < 4.78 is 10.9. The van der Waals surface area contributed by atoms with Crippen LogP contribution in [0.1, 0.15) is 29.9 Å². The van der Waals surface area contributed by atoms with Gasteiger partial charge in [-0.05, 0) is 54.2 Å². The number of aromatic nitrogens is 1. The minimum atomic E-state index is -0.334. The number of amides is 1. The Morgan fingerprint density at radius 2 is 1.93 bits per heavy atom. The SMILES string of the molecule is NC(=O)Cc1ccc2nc(-c3cc4c(cc3Cl)OCO4)cc(C3CC3)c2c1. The number of nitrogens with zero attached hydrogens (tertiary/aromatic N) is 1. The van der Waals surface area contributed by atoms with Crippen LogP contribution in [0, 0.1) is 0 Å². The molecule has 0 saturated heterocycles. The van der Waals surface area contributed by atoms with E-state index < -0.39 is 0 Å². The monoisotopic (exact) mass is 380 g/mol. The molecule has 136 valence electrons. The highest BCUT2D eigenvalue weighted by molar-refractivity contribution is 6.33. The first-order valence-corrected chi connectivity index (χ1v) is 9.27. The number of carbonyl (C=O) groups is 1. The highest BCUT2D eigenvalue weighted by Crippen LogP contribution is 2.46. The number of carbonyl (C=O) groups excluding carboxylic acids is 1. The van der Waals surface area contributed by atoms with E-state index in [1.807, 2.05) is 24.3 Å². The maximum Gasteiger partial charge on any atom is 0.231 e. The zero-order valence-electron chi connectivity index (χ0n) is 14.5. The van der Waals surface area contributed by atoms with Crippen LogP contribution in [0.4, 0.5) is 0 Å². The molecule has 5 nitrogen and oxygen atoms in total. The highest BCUT2D eigenvalue weighted by atomic mass is 35.5. The van der Waals surface area contributed by atoms with Crippen molar-refractivity contribution in [2.45, 2.75) is 25.2 Å². The molecule has 2 aliphatic rings. The second-order valence-electron chi connectivity index (χ2n) is 7.05. The lowest BCUT2D eigenvalue weighted by Gasteiger charge is -2.12. The van der Waals surface area contributed by atoms with Crippen molar-refractivity contribution in [3.8, 4) is 22.8 Å². The molecule has 2 N–H and O–H groups in total. The molecule has 3 aromatic rings. The van der Waals surface area contributed by atoms with Crippen molar-refractivity contribution in [3.63, 3.8) is 0 Å². The van der Waals surface area contributed by atoms with Crippen LogP contribution in [0.15, 0.2) is 36.4 Å². The van der Waals surface area contributed by atoms with Gasteiger partial charge in [0.2, 0.25) is 12.7 Å². The van der Waals surface area contributed by atoms with Crippen LogP contribution in [-0.2, 0) is 11.2 Å². The van der Waals surface area contributed by atoms with Crippen molar-refractivity contribution in [3.05, 3.63) is 52.5 Å². The first-order valence-electron chi connectivity index (χ1n) is 8.90. The Morgan fingerprint density at radius 3 is 2.67 bits per heavy atom. The van der Waals surface area contributed by atoms with Gasteiger partial charge in [-0.25, -0.2) is 4.98 Å². The van der Waals surface area contributed by atoms with E-state index in [1.165, 1.54) is 5.56 Å². The molecule has 6 heteroatoms. The van der Waals surface area contributed by atoms with E-state index in [9.17, 15) is 4.79 Å². The van der Waals surface area contributed by atoms with Crippen LogP contribution < -0.4 is 15.2 Å². The topological polar surface area (TPSA) is 74.4 Å². The average molecular weight is 381 g/mol. The lowest BCUT2D eigenvalue weighted by Crippen LogP contribution is -2.13. The number of pyridine rings is 1. The normalized spacial score (nSPS) is 15.3. The van der Waals surface area contributed by atoms with Crippen LogP contribution in [-0.4, -0.2) is 17.7 Å². The summed E-state index contributed by atoms with van der Waals surface area (Å²) in [5.41, 5.74) is 10.0. The number of hydrogen-bond donors (Lipinski definition) is 1. The Bertz CT molecular complexity index is 1090. The van der Waals surface area contributed by atoms with E-state index in [0.717, 1.165) is 40.6 Å². The minimum Gasteiger partial charge on any atom is -0.454 e. The smallest absolute Gasteiger partial charge is 0.231 e. The summed E-state index contributed by atoms with van der Waals surface area (Å²) in [7, 11) is 0. The minimum absolute atomic E-state index is 0.205. The first kappa shape index (κ1) is 16.4. The maximum absolute atomic E-state index is 11.3. The molecule has 0 unspecified atom stereocenters. The van der Waals surface area contributed by atoms with Crippen LogP contribution in [0.3, 0.4) is 0 Å². The van der Waals surface area contributed by atoms with E-state index in [4.69, 9.17) is 31.8 Å². The molecule has 0 radical (unpaired) electrons. The van der Waals surface area contributed by atoms with Gasteiger partial charge in [-0.2, -0.15) is 0 Å². The van der Waals surface area contributed by atoms with Crippen molar-refractivity contribution >= 4 is 28.4 Å². The van der Waals surface area contributed by atoms with Gasteiger partial charge < -0.3 is 15.2 Å². The summed E-state index contributed by atoms with van der Waals surface area (Å²) in [6.07, 6.45) is 2.55. The fourth-order valence-corrected chi connectivity index (χ4v) is 3.84. The zero-order chi connectivity index (χ0) is 18.5. The van der Waals surface area contributed by atoms with Gasteiger partial charge >= 0.3 is 0 Å². The molecule has 0 atom stereocenters. The fraction of sp³-hybridized carbons (Fsp3) is 0.238. The van der Waals surface area contributed by atoms with Gasteiger partial charge in [0.25, 0.3) is 0 Å². The first-order chi connectivity index (χ1) is 13.1. The predicted octanol–water partition coefficient (Wildman–Crippen LogP) is 4.19. The van der Waals surface area contributed by atoms with E-state index in [1.54, 1.807) is 6.07 Å². The Kier molecular flexibility index (Phi) is 3.72. The van der Waals surface area contributed by atoms with E-state index in [2.05, 4.69) is 6.07 Å². The molecule has 1 saturated carbocycles. The van der Waals surface area contributed by atoms with Gasteiger partial charge in [0, 0.05) is 17.0 Å². The third-order valence-corrected chi connectivity index (χ3v) is 5.35. The fourth-order valence-electron chi connectivity index (χ4n) is 3.59. The third-order valence-electron chi connectivity index (χ3n) is 5.04. The molecule has 2 heterocycles. The summed E-state index contributed by atoms with van der Waals surface area (Å²) in [6.45, 7) is 0.205. The van der Waals surface area contributed by atoms with Gasteiger partial charge in [-0.15, -0.1) is 0 Å². The van der Waals surface area contributed by atoms with Crippen LogP contribution in [0.2, 0.25) is 5.02 Å². The van der Waals surface area contributed by atoms with E-state index >= 15 is 0 Å². The quantitative estimate of drug-likeness (QED) is 0.736.